The van der Waals surface area contributed by atoms with Gasteiger partial charge in [-0.15, -0.1) is 0 Å². The molecule has 0 bridgehead atoms. The number of benzene rings is 2. The van der Waals surface area contributed by atoms with Crippen LogP contribution < -0.4 is 9.47 Å². The topological polar surface area (TPSA) is 97.5 Å². The average Bonchev–Trinajstić information content (AvgIpc) is 3.60. The average molecular weight is 601 g/mol. The van der Waals surface area contributed by atoms with E-state index in [0.29, 0.717) is 17.0 Å². The van der Waals surface area contributed by atoms with Crippen molar-refractivity contribution in [3.8, 4) is 22.6 Å². The Labute approximate surface area is 244 Å². The molecule has 2 aromatic heterocycles. The van der Waals surface area contributed by atoms with Gasteiger partial charge in [-0.1, -0.05) is 6.07 Å². The zero-order chi connectivity index (χ0) is 30.9. The van der Waals surface area contributed by atoms with E-state index in [-0.39, 0.29) is 60.1 Å². The molecule has 226 valence electrons. The molecular weight excluding hydrogens is 572 g/mol. The molecule has 1 aliphatic rings. The number of alkyl halides is 3. The first kappa shape index (κ1) is 29.8. The number of ketones is 1. The number of methoxy groups -OCH3 is 1. The lowest BCUT2D eigenvalue weighted by Gasteiger charge is -2.27. The number of imidazole rings is 1. The van der Waals surface area contributed by atoms with Crippen LogP contribution in [-0.2, 0) is 35.2 Å². The van der Waals surface area contributed by atoms with Crippen LogP contribution in [0.5, 0.6) is 11.5 Å². The quantitative estimate of drug-likeness (QED) is 0.191. The fourth-order valence-corrected chi connectivity index (χ4v) is 4.97. The number of fused-ring (bicyclic) bond motifs is 1. The maximum atomic E-state index is 14.3. The number of Topliss-reactive ketones (excluding diaryl/α,β-unsaturated/α-hetero) is 1. The van der Waals surface area contributed by atoms with Gasteiger partial charge in [0.1, 0.15) is 11.6 Å². The molecule has 0 radical (unpaired) electrons. The number of halogens is 4. The van der Waals surface area contributed by atoms with Crippen molar-refractivity contribution < 1.29 is 41.4 Å². The number of aryl methyl sites for hydroxylation is 2. The zero-order valence-corrected chi connectivity index (χ0v) is 23.6. The first-order chi connectivity index (χ1) is 20.5. The molecule has 0 spiro atoms. The Kier molecular flexibility index (Phi) is 8.25. The Morgan fingerprint density at radius 3 is 2.58 bits per heavy atom. The molecule has 0 unspecified atom stereocenters. The van der Waals surface area contributed by atoms with E-state index < -0.39 is 36.2 Å². The minimum absolute atomic E-state index is 0.0507. The molecule has 1 aliphatic heterocycles. The van der Waals surface area contributed by atoms with Crippen molar-refractivity contribution in [3.05, 3.63) is 82.9 Å². The fourth-order valence-electron chi connectivity index (χ4n) is 4.97. The first-order valence-corrected chi connectivity index (χ1v) is 13.4. The van der Waals surface area contributed by atoms with Crippen LogP contribution in [0, 0.1) is 18.7 Å². The second-order valence-electron chi connectivity index (χ2n) is 10.1. The summed E-state index contributed by atoms with van der Waals surface area (Å²) >= 11 is 0. The highest BCUT2D eigenvalue weighted by Crippen LogP contribution is 2.44. The Morgan fingerprint density at radius 2 is 1.91 bits per heavy atom. The van der Waals surface area contributed by atoms with Gasteiger partial charge in [0.25, 0.3) is 0 Å². The molecule has 43 heavy (non-hydrogen) atoms. The Hall–Kier alpha value is -4.68. The van der Waals surface area contributed by atoms with Crippen LogP contribution in [0.25, 0.3) is 11.1 Å². The SMILES string of the molecule is CCn1cc(-c2cc(Cn3ccnc3C)cc3c2OC[C@H](Cc2ccc(F)c(OCC(=O)OC)c2)C3=O)c(C(F)(F)F)n1. The smallest absolute Gasteiger partial charge is 0.435 e. The summed E-state index contributed by atoms with van der Waals surface area (Å²) in [7, 11) is 1.18. The molecule has 9 nitrogen and oxygen atoms in total. The summed E-state index contributed by atoms with van der Waals surface area (Å²) in [6, 6.07) is 7.25. The minimum atomic E-state index is -4.74. The van der Waals surface area contributed by atoms with Crippen molar-refractivity contribution in [2.45, 2.75) is 39.5 Å². The van der Waals surface area contributed by atoms with Gasteiger partial charge in [-0.25, -0.2) is 14.2 Å². The Balaban J connectivity index is 1.53. The van der Waals surface area contributed by atoms with E-state index in [1.807, 2.05) is 4.57 Å². The highest BCUT2D eigenvalue weighted by Gasteiger charge is 2.40. The maximum Gasteiger partial charge on any atom is 0.435 e. The molecule has 5 rings (SSSR count). The van der Waals surface area contributed by atoms with Gasteiger partial charge < -0.3 is 18.8 Å². The number of hydrogen-bond donors (Lipinski definition) is 0. The monoisotopic (exact) mass is 600 g/mol. The van der Waals surface area contributed by atoms with E-state index in [1.54, 1.807) is 38.4 Å². The predicted molar refractivity (Wildman–Crippen MR) is 145 cm³/mol. The minimum Gasteiger partial charge on any atom is -0.491 e. The second kappa shape index (κ2) is 11.9. The predicted octanol–water partition coefficient (Wildman–Crippen LogP) is 5.27. The number of carbonyl (C=O) groups is 2. The van der Waals surface area contributed by atoms with Gasteiger partial charge in [0.2, 0.25) is 0 Å². The number of carbonyl (C=O) groups excluding carboxylic acids is 2. The lowest BCUT2D eigenvalue weighted by molar-refractivity contribution is -0.143. The van der Waals surface area contributed by atoms with Gasteiger partial charge >= 0.3 is 12.1 Å². The van der Waals surface area contributed by atoms with Crippen molar-refractivity contribution in [1.29, 1.82) is 0 Å². The number of esters is 1. The van der Waals surface area contributed by atoms with Crippen LogP contribution >= 0.6 is 0 Å². The number of rotatable bonds is 9. The van der Waals surface area contributed by atoms with E-state index in [2.05, 4.69) is 14.8 Å². The van der Waals surface area contributed by atoms with E-state index in [9.17, 15) is 27.2 Å². The normalized spacial score (nSPS) is 14.8. The summed E-state index contributed by atoms with van der Waals surface area (Å²) < 4.78 is 75.3. The Morgan fingerprint density at radius 1 is 1.14 bits per heavy atom. The molecular formula is C30H28F4N4O5. The van der Waals surface area contributed by atoms with Crippen LogP contribution in [0.1, 0.15) is 39.9 Å². The number of nitrogens with zero attached hydrogens (tertiary/aromatic N) is 4. The Bertz CT molecular complexity index is 1680. The molecule has 0 saturated carbocycles. The van der Waals surface area contributed by atoms with Crippen LogP contribution in [0.15, 0.2) is 48.9 Å². The highest BCUT2D eigenvalue weighted by atomic mass is 19.4. The summed E-state index contributed by atoms with van der Waals surface area (Å²) in [5.74, 6) is -1.87. The van der Waals surface area contributed by atoms with Crippen molar-refractivity contribution in [1.82, 2.24) is 19.3 Å². The van der Waals surface area contributed by atoms with E-state index in [1.165, 1.54) is 30.1 Å². The van der Waals surface area contributed by atoms with Crippen LogP contribution in [0.2, 0.25) is 0 Å². The first-order valence-electron chi connectivity index (χ1n) is 13.4. The van der Waals surface area contributed by atoms with Gasteiger partial charge in [-0.3, -0.25) is 9.48 Å². The molecule has 0 N–H and O–H groups in total. The summed E-state index contributed by atoms with van der Waals surface area (Å²) in [5.41, 5.74) is 0.113. The van der Waals surface area contributed by atoms with Gasteiger partial charge in [0, 0.05) is 42.8 Å². The fraction of sp³-hybridized carbons (Fsp3) is 0.333. The van der Waals surface area contributed by atoms with Crippen LogP contribution in [0.3, 0.4) is 0 Å². The second-order valence-corrected chi connectivity index (χ2v) is 10.1. The van der Waals surface area contributed by atoms with Crippen molar-refractivity contribution in [3.63, 3.8) is 0 Å². The van der Waals surface area contributed by atoms with Crippen molar-refractivity contribution in [2.24, 2.45) is 5.92 Å². The third-order valence-electron chi connectivity index (χ3n) is 7.19. The van der Waals surface area contributed by atoms with Crippen molar-refractivity contribution in [2.75, 3.05) is 20.3 Å². The van der Waals surface area contributed by atoms with Crippen LogP contribution in [0.4, 0.5) is 17.6 Å². The summed E-state index contributed by atoms with van der Waals surface area (Å²) in [4.78, 5) is 29.5. The maximum absolute atomic E-state index is 14.3. The largest absolute Gasteiger partial charge is 0.491 e. The molecule has 0 saturated heterocycles. The van der Waals surface area contributed by atoms with E-state index >= 15 is 0 Å². The van der Waals surface area contributed by atoms with Gasteiger partial charge in [-0.05, 0) is 55.7 Å². The molecule has 4 aromatic rings. The summed E-state index contributed by atoms with van der Waals surface area (Å²) in [6.07, 6.45) is 0.0446. The van der Waals surface area contributed by atoms with Gasteiger partial charge in [0.05, 0.1) is 25.2 Å². The summed E-state index contributed by atoms with van der Waals surface area (Å²) in [5, 5.41) is 3.75. The zero-order valence-electron chi connectivity index (χ0n) is 23.6. The van der Waals surface area contributed by atoms with Gasteiger partial charge in [0.15, 0.2) is 29.7 Å². The third kappa shape index (κ3) is 6.25. The molecule has 0 fully saturated rings. The van der Waals surface area contributed by atoms with Crippen LogP contribution in [-0.4, -0.2) is 51.4 Å². The van der Waals surface area contributed by atoms with Gasteiger partial charge in [-0.2, -0.15) is 18.3 Å². The standard InChI is InChI=1S/C30H28F4N4O5/c1-4-38-14-23(29(36-38)30(32,33)34)21-10-19(13-37-8-7-35-17(37)2)11-22-27(40)20(15-43-28(21)22)9-18-5-6-24(31)25(12-18)42-16-26(39)41-3/h5-8,10-12,14,20H,4,9,13,15-16H2,1-3H3/t20-/m0/s1. The molecule has 1 atom stereocenters. The molecule has 0 aliphatic carbocycles. The number of aromatic nitrogens is 4. The van der Waals surface area contributed by atoms with E-state index in [4.69, 9.17) is 9.47 Å². The molecule has 13 heteroatoms. The number of ether oxygens (including phenoxy) is 3. The number of hydrogen-bond acceptors (Lipinski definition) is 7. The van der Waals surface area contributed by atoms with E-state index in [0.717, 1.165) is 6.07 Å². The van der Waals surface area contributed by atoms with Crippen molar-refractivity contribution >= 4 is 11.8 Å². The molecule has 0 amide bonds. The lowest BCUT2D eigenvalue weighted by atomic mass is 9.86. The highest BCUT2D eigenvalue weighted by molar-refractivity contribution is 6.04. The summed E-state index contributed by atoms with van der Waals surface area (Å²) in [6.45, 7) is 3.33. The molecule has 3 heterocycles. The lowest BCUT2D eigenvalue weighted by Crippen LogP contribution is -2.30. The molecule has 2 aromatic carbocycles. The third-order valence-corrected chi connectivity index (χ3v) is 7.19.